The van der Waals surface area contributed by atoms with Crippen molar-refractivity contribution in [3.63, 3.8) is 0 Å². The summed E-state index contributed by atoms with van der Waals surface area (Å²) in [5.74, 6) is 1.65. The predicted octanol–water partition coefficient (Wildman–Crippen LogP) is 3.19. The van der Waals surface area contributed by atoms with Gasteiger partial charge in [-0.3, -0.25) is 4.79 Å². The highest BCUT2D eigenvalue weighted by molar-refractivity contribution is 6.05. The van der Waals surface area contributed by atoms with Crippen LogP contribution in [0.5, 0.6) is 17.2 Å². The van der Waals surface area contributed by atoms with Crippen molar-refractivity contribution < 1.29 is 23.4 Å². The lowest BCUT2D eigenvalue weighted by molar-refractivity contribution is 0.0786. The van der Waals surface area contributed by atoms with Gasteiger partial charge in [-0.2, -0.15) is 0 Å². The topological polar surface area (TPSA) is 78.2 Å². The van der Waals surface area contributed by atoms with Crippen molar-refractivity contribution in [3.8, 4) is 17.2 Å². The number of ether oxygens (including phenoxy) is 3. The van der Waals surface area contributed by atoms with Crippen molar-refractivity contribution in [1.29, 1.82) is 0 Å². The molecule has 0 unspecified atom stereocenters. The molecule has 1 aliphatic heterocycles. The molecule has 2 aromatic carbocycles. The van der Waals surface area contributed by atoms with Gasteiger partial charge in [-0.15, -0.1) is 0 Å². The maximum Gasteiger partial charge on any atom is 0.337 e. The molecule has 1 aliphatic rings. The van der Waals surface area contributed by atoms with E-state index in [9.17, 15) is 9.59 Å². The highest BCUT2D eigenvalue weighted by Gasteiger charge is 2.19. The number of nitrogens with zero attached hydrogens (tertiary/aromatic N) is 1. The average molecular weight is 381 g/mol. The summed E-state index contributed by atoms with van der Waals surface area (Å²) in [7, 11) is 1.68. The second kappa shape index (κ2) is 7.26. The molecule has 0 atom stereocenters. The van der Waals surface area contributed by atoms with Gasteiger partial charge in [0.15, 0.2) is 11.5 Å². The molecule has 0 aliphatic carbocycles. The molecule has 0 radical (unpaired) electrons. The number of amides is 1. The first-order chi connectivity index (χ1) is 13.5. The van der Waals surface area contributed by atoms with Gasteiger partial charge in [-0.05, 0) is 36.8 Å². The van der Waals surface area contributed by atoms with E-state index in [0.717, 1.165) is 5.56 Å². The van der Waals surface area contributed by atoms with Gasteiger partial charge in [0.1, 0.15) is 11.3 Å². The standard InChI is InChI=1S/C21H19NO6/c1-3-25-14-5-6-15-16(10-20(23)28-18(15)9-14)21(24)22(2)11-13-4-7-17-19(8-13)27-12-26-17/h4-10H,3,11-12H2,1-2H3. The minimum Gasteiger partial charge on any atom is -0.494 e. The maximum absolute atomic E-state index is 13.0. The SMILES string of the molecule is CCOc1ccc2c(C(=O)N(C)Cc3ccc4c(c3)OCO4)cc(=O)oc2c1. The van der Waals surface area contributed by atoms with E-state index in [1.807, 2.05) is 25.1 Å². The second-order valence-electron chi connectivity index (χ2n) is 6.42. The molecule has 0 spiro atoms. The molecule has 1 amide bonds. The fourth-order valence-electron chi connectivity index (χ4n) is 3.17. The third kappa shape index (κ3) is 3.38. The van der Waals surface area contributed by atoms with Gasteiger partial charge in [0.2, 0.25) is 6.79 Å². The number of carbonyl (C=O) groups is 1. The van der Waals surface area contributed by atoms with Gasteiger partial charge in [0, 0.05) is 31.1 Å². The van der Waals surface area contributed by atoms with E-state index < -0.39 is 5.63 Å². The van der Waals surface area contributed by atoms with Gasteiger partial charge in [0.05, 0.1) is 12.2 Å². The van der Waals surface area contributed by atoms with Crippen molar-refractivity contribution in [1.82, 2.24) is 4.90 Å². The summed E-state index contributed by atoms with van der Waals surface area (Å²) < 4.78 is 21.4. The molecule has 28 heavy (non-hydrogen) atoms. The van der Waals surface area contributed by atoms with Crippen LogP contribution in [-0.2, 0) is 6.54 Å². The van der Waals surface area contributed by atoms with Gasteiger partial charge >= 0.3 is 5.63 Å². The van der Waals surface area contributed by atoms with E-state index in [4.69, 9.17) is 18.6 Å². The smallest absolute Gasteiger partial charge is 0.337 e. The summed E-state index contributed by atoms with van der Waals surface area (Å²) in [6, 6.07) is 11.9. The minimum absolute atomic E-state index is 0.197. The highest BCUT2D eigenvalue weighted by atomic mass is 16.7. The van der Waals surface area contributed by atoms with Crippen LogP contribution in [0.1, 0.15) is 22.8 Å². The first-order valence-corrected chi connectivity index (χ1v) is 8.90. The zero-order chi connectivity index (χ0) is 19.7. The van der Waals surface area contributed by atoms with Crippen LogP contribution in [0, 0.1) is 0 Å². The number of hydrogen-bond donors (Lipinski definition) is 0. The summed E-state index contributed by atoms with van der Waals surface area (Å²) >= 11 is 0. The van der Waals surface area contributed by atoms with Crippen LogP contribution >= 0.6 is 0 Å². The Balaban J connectivity index is 1.63. The van der Waals surface area contributed by atoms with Crippen LogP contribution in [0.25, 0.3) is 11.0 Å². The molecule has 3 aromatic rings. The lowest BCUT2D eigenvalue weighted by atomic mass is 10.1. The lowest BCUT2D eigenvalue weighted by Crippen LogP contribution is -2.27. The number of fused-ring (bicyclic) bond motifs is 2. The van der Waals surface area contributed by atoms with Crippen molar-refractivity contribution >= 4 is 16.9 Å². The molecule has 0 bridgehead atoms. The molecule has 144 valence electrons. The summed E-state index contributed by atoms with van der Waals surface area (Å²) in [5.41, 5.74) is 0.919. The zero-order valence-corrected chi connectivity index (χ0v) is 15.6. The van der Waals surface area contributed by atoms with Crippen LogP contribution in [0.4, 0.5) is 0 Å². The van der Waals surface area contributed by atoms with E-state index in [1.54, 1.807) is 30.1 Å². The van der Waals surface area contributed by atoms with Gasteiger partial charge < -0.3 is 23.5 Å². The Hall–Kier alpha value is -3.48. The zero-order valence-electron chi connectivity index (χ0n) is 15.6. The quantitative estimate of drug-likeness (QED) is 0.632. The normalized spacial score (nSPS) is 12.2. The third-order valence-electron chi connectivity index (χ3n) is 4.46. The first kappa shape index (κ1) is 17.9. The fourth-order valence-corrected chi connectivity index (χ4v) is 3.17. The number of benzene rings is 2. The van der Waals surface area contributed by atoms with Crippen molar-refractivity contribution in [2.75, 3.05) is 20.4 Å². The Morgan fingerprint density at radius 1 is 1.11 bits per heavy atom. The summed E-state index contributed by atoms with van der Waals surface area (Å²) in [4.78, 5) is 26.5. The molecule has 0 saturated heterocycles. The number of hydrogen-bond acceptors (Lipinski definition) is 6. The largest absolute Gasteiger partial charge is 0.494 e. The molecule has 7 nitrogen and oxygen atoms in total. The highest BCUT2D eigenvalue weighted by Crippen LogP contribution is 2.33. The Labute approximate surface area is 161 Å². The van der Waals surface area contributed by atoms with Crippen LogP contribution in [0.2, 0.25) is 0 Å². The van der Waals surface area contributed by atoms with Gasteiger partial charge in [-0.1, -0.05) is 6.07 Å². The van der Waals surface area contributed by atoms with Gasteiger partial charge in [-0.25, -0.2) is 4.79 Å². The maximum atomic E-state index is 13.0. The molecule has 2 heterocycles. The third-order valence-corrected chi connectivity index (χ3v) is 4.46. The Bertz CT molecular complexity index is 1100. The van der Waals surface area contributed by atoms with E-state index in [-0.39, 0.29) is 18.3 Å². The van der Waals surface area contributed by atoms with E-state index in [2.05, 4.69) is 0 Å². The molecule has 0 N–H and O–H groups in total. The average Bonchev–Trinajstić information content (AvgIpc) is 3.14. The second-order valence-corrected chi connectivity index (χ2v) is 6.42. The fraction of sp³-hybridized carbons (Fsp3) is 0.238. The number of rotatable bonds is 5. The molecule has 4 rings (SSSR count). The molecule has 7 heteroatoms. The predicted molar refractivity (Wildman–Crippen MR) is 102 cm³/mol. The number of carbonyl (C=O) groups excluding carboxylic acids is 1. The molecule has 0 saturated carbocycles. The van der Waals surface area contributed by atoms with Crippen LogP contribution in [0.3, 0.4) is 0 Å². The first-order valence-electron chi connectivity index (χ1n) is 8.90. The van der Waals surface area contributed by atoms with Crippen LogP contribution < -0.4 is 19.8 Å². The summed E-state index contributed by atoms with van der Waals surface area (Å²) in [6.45, 7) is 2.91. The molecular weight excluding hydrogens is 362 g/mol. The van der Waals surface area contributed by atoms with Crippen LogP contribution in [0.15, 0.2) is 51.7 Å². The van der Waals surface area contributed by atoms with Gasteiger partial charge in [0.25, 0.3) is 5.91 Å². The van der Waals surface area contributed by atoms with E-state index in [1.165, 1.54) is 6.07 Å². The Kier molecular flexibility index (Phi) is 4.65. The van der Waals surface area contributed by atoms with Crippen molar-refractivity contribution in [3.05, 3.63) is 64.0 Å². The Morgan fingerprint density at radius 2 is 1.93 bits per heavy atom. The monoisotopic (exact) mass is 381 g/mol. The Morgan fingerprint density at radius 3 is 2.75 bits per heavy atom. The van der Waals surface area contributed by atoms with Crippen molar-refractivity contribution in [2.45, 2.75) is 13.5 Å². The lowest BCUT2D eigenvalue weighted by Gasteiger charge is -2.18. The van der Waals surface area contributed by atoms with Crippen LogP contribution in [-0.4, -0.2) is 31.3 Å². The molecule has 1 aromatic heterocycles. The van der Waals surface area contributed by atoms with E-state index >= 15 is 0 Å². The minimum atomic E-state index is -0.582. The molecular formula is C21H19NO6. The molecule has 0 fully saturated rings. The summed E-state index contributed by atoms with van der Waals surface area (Å²) in [6.07, 6.45) is 0. The summed E-state index contributed by atoms with van der Waals surface area (Å²) in [5, 5.41) is 0.561. The van der Waals surface area contributed by atoms with Crippen molar-refractivity contribution in [2.24, 2.45) is 0 Å². The van der Waals surface area contributed by atoms with E-state index in [0.29, 0.717) is 41.4 Å².